The first-order valence-electron chi connectivity index (χ1n) is 10.2. The lowest BCUT2D eigenvalue weighted by Gasteiger charge is -2.34. The molecule has 0 unspecified atom stereocenters. The van der Waals surface area contributed by atoms with Gasteiger partial charge in [0.1, 0.15) is 5.60 Å². The molecule has 1 N–H and O–H groups in total. The molecule has 0 atom stereocenters. The fraction of sp³-hybridized carbons (Fsp3) is 0.619. The summed E-state index contributed by atoms with van der Waals surface area (Å²) < 4.78 is 47.3. The first-order chi connectivity index (χ1) is 13.8. The van der Waals surface area contributed by atoms with Gasteiger partial charge in [-0.2, -0.15) is 13.2 Å². The van der Waals surface area contributed by atoms with Crippen LogP contribution in [0.4, 0.5) is 23.7 Å². The highest BCUT2D eigenvalue weighted by molar-refractivity contribution is 5.70. The molecule has 2 aromatic rings. The van der Waals surface area contributed by atoms with E-state index in [1.807, 2.05) is 34.6 Å². The zero-order chi connectivity index (χ0) is 22.3. The average molecular weight is 426 g/mol. The second kappa shape index (κ2) is 8.00. The van der Waals surface area contributed by atoms with Gasteiger partial charge in [0.25, 0.3) is 0 Å². The maximum absolute atomic E-state index is 13.5. The van der Waals surface area contributed by atoms with E-state index in [0.717, 1.165) is 18.0 Å². The molecule has 3 rings (SSSR count). The molecular formula is C21H29F3N4O2. The quantitative estimate of drug-likeness (QED) is 0.725. The summed E-state index contributed by atoms with van der Waals surface area (Å²) in [4.78, 5) is 18.2. The van der Waals surface area contributed by atoms with Crippen LogP contribution in [0.1, 0.15) is 64.6 Å². The van der Waals surface area contributed by atoms with Gasteiger partial charge in [0.15, 0.2) is 5.65 Å². The highest BCUT2D eigenvalue weighted by atomic mass is 19.4. The second-order valence-electron chi connectivity index (χ2n) is 9.06. The summed E-state index contributed by atoms with van der Waals surface area (Å²) in [7, 11) is 0. The molecule has 0 bridgehead atoms. The lowest BCUT2D eigenvalue weighted by molar-refractivity contribution is -0.137. The third-order valence-electron chi connectivity index (χ3n) is 5.06. The van der Waals surface area contributed by atoms with Gasteiger partial charge in [0.05, 0.1) is 11.3 Å². The summed E-state index contributed by atoms with van der Waals surface area (Å²) in [6.07, 6.45) is -0.871. The average Bonchev–Trinajstić information content (AvgIpc) is 3.04. The first-order valence-corrected chi connectivity index (χ1v) is 10.2. The molecule has 0 saturated carbocycles. The third-order valence-corrected chi connectivity index (χ3v) is 5.06. The van der Waals surface area contributed by atoms with Gasteiger partial charge in [-0.25, -0.2) is 9.78 Å². The molecule has 9 heteroatoms. The zero-order valence-electron chi connectivity index (χ0n) is 18.0. The Labute approximate surface area is 174 Å². The molecule has 0 spiro atoms. The van der Waals surface area contributed by atoms with Crippen molar-refractivity contribution in [3.05, 3.63) is 29.7 Å². The van der Waals surface area contributed by atoms with Crippen LogP contribution in [-0.4, -0.2) is 45.1 Å². The third kappa shape index (κ3) is 4.99. The van der Waals surface area contributed by atoms with Crippen LogP contribution < -0.4 is 5.32 Å². The number of halogens is 3. The predicted octanol–water partition coefficient (Wildman–Crippen LogP) is 5.29. The number of fused-ring (bicyclic) bond motifs is 1. The van der Waals surface area contributed by atoms with Crippen molar-refractivity contribution >= 4 is 17.4 Å². The van der Waals surface area contributed by atoms with E-state index in [2.05, 4.69) is 10.3 Å². The van der Waals surface area contributed by atoms with E-state index < -0.39 is 17.3 Å². The number of ether oxygens (including phenoxy) is 1. The minimum Gasteiger partial charge on any atom is -0.444 e. The SMILES string of the molecule is CC(C)c1cnc2c(NC3CCN(C(=O)OC(C)(C)C)CC3)cc(C(F)(F)F)cn12. The fourth-order valence-electron chi connectivity index (χ4n) is 3.55. The largest absolute Gasteiger partial charge is 0.444 e. The van der Waals surface area contributed by atoms with Crippen LogP contribution in [0.15, 0.2) is 18.5 Å². The van der Waals surface area contributed by atoms with E-state index in [9.17, 15) is 18.0 Å². The van der Waals surface area contributed by atoms with E-state index in [1.54, 1.807) is 11.1 Å². The highest BCUT2D eigenvalue weighted by Crippen LogP contribution is 2.34. The predicted molar refractivity (Wildman–Crippen MR) is 109 cm³/mol. The number of carbonyl (C=O) groups excluding carboxylic acids is 1. The van der Waals surface area contributed by atoms with Crippen molar-refractivity contribution in [2.24, 2.45) is 0 Å². The lowest BCUT2D eigenvalue weighted by atomic mass is 10.0. The summed E-state index contributed by atoms with van der Waals surface area (Å²) in [5.41, 5.74) is 0.265. The molecule has 0 aromatic carbocycles. The number of amides is 1. The van der Waals surface area contributed by atoms with Crippen LogP contribution >= 0.6 is 0 Å². The van der Waals surface area contributed by atoms with Gasteiger partial charge in [0.2, 0.25) is 0 Å². The minimum absolute atomic E-state index is 0.0356. The molecule has 1 saturated heterocycles. The maximum atomic E-state index is 13.5. The minimum atomic E-state index is -4.46. The molecule has 1 aliphatic rings. The molecule has 30 heavy (non-hydrogen) atoms. The topological polar surface area (TPSA) is 58.9 Å². The van der Waals surface area contributed by atoms with Crippen molar-refractivity contribution in [2.75, 3.05) is 18.4 Å². The Morgan fingerprint density at radius 3 is 2.40 bits per heavy atom. The number of hydrogen-bond donors (Lipinski definition) is 1. The lowest BCUT2D eigenvalue weighted by Crippen LogP contribution is -2.44. The number of piperidine rings is 1. The standard InChI is InChI=1S/C21H29F3N4O2/c1-13(2)17-11-25-18-16(10-14(12-28(17)18)21(22,23)24)26-15-6-8-27(9-7-15)19(29)30-20(3,4)5/h10-13,15,26H,6-9H2,1-5H3. The number of imidazole rings is 1. The van der Waals surface area contributed by atoms with Crippen LogP contribution in [0, 0.1) is 0 Å². The van der Waals surface area contributed by atoms with Gasteiger partial charge < -0.3 is 19.4 Å². The van der Waals surface area contributed by atoms with Crippen molar-refractivity contribution in [3.63, 3.8) is 0 Å². The molecule has 0 aliphatic carbocycles. The number of anilines is 1. The number of alkyl halides is 3. The maximum Gasteiger partial charge on any atom is 0.417 e. The molecule has 2 aromatic heterocycles. The molecule has 0 radical (unpaired) electrons. The molecule has 1 fully saturated rings. The van der Waals surface area contributed by atoms with Crippen LogP contribution in [0.5, 0.6) is 0 Å². The number of nitrogens with zero attached hydrogens (tertiary/aromatic N) is 3. The van der Waals surface area contributed by atoms with Crippen LogP contribution in [0.2, 0.25) is 0 Å². The summed E-state index contributed by atoms with van der Waals surface area (Å²) in [5, 5.41) is 3.23. The van der Waals surface area contributed by atoms with E-state index >= 15 is 0 Å². The Bertz CT molecular complexity index is 907. The van der Waals surface area contributed by atoms with Crippen LogP contribution in [0.25, 0.3) is 5.65 Å². The number of aromatic nitrogens is 2. The number of carbonyl (C=O) groups is 1. The Morgan fingerprint density at radius 1 is 1.23 bits per heavy atom. The molecule has 166 valence electrons. The molecule has 1 amide bonds. The van der Waals surface area contributed by atoms with Gasteiger partial charge in [-0.15, -0.1) is 0 Å². The van der Waals surface area contributed by atoms with Gasteiger partial charge in [-0.3, -0.25) is 0 Å². The molecular weight excluding hydrogens is 397 g/mol. The summed E-state index contributed by atoms with van der Waals surface area (Å²) in [5.74, 6) is 0.0356. The summed E-state index contributed by atoms with van der Waals surface area (Å²) in [6, 6.07) is 1.06. The first kappa shape index (κ1) is 22.2. The zero-order valence-corrected chi connectivity index (χ0v) is 18.0. The van der Waals surface area contributed by atoms with Gasteiger partial charge >= 0.3 is 12.3 Å². The Kier molecular flexibility index (Phi) is 5.93. The smallest absolute Gasteiger partial charge is 0.417 e. The Balaban J connectivity index is 1.79. The van der Waals surface area contributed by atoms with E-state index in [0.29, 0.717) is 37.3 Å². The number of likely N-dealkylation sites (tertiary alicyclic amines) is 1. The van der Waals surface area contributed by atoms with E-state index in [1.165, 1.54) is 4.40 Å². The summed E-state index contributed by atoms with van der Waals surface area (Å²) in [6.45, 7) is 10.2. The number of nitrogens with one attached hydrogen (secondary N) is 1. The van der Waals surface area contributed by atoms with Crippen LogP contribution in [-0.2, 0) is 10.9 Å². The van der Waals surface area contributed by atoms with Crippen molar-refractivity contribution in [2.45, 2.75) is 71.2 Å². The van der Waals surface area contributed by atoms with E-state index in [-0.39, 0.29) is 18.1 Å². The van der Waals surface area contributed by atoms with Crippen LogP contribution in [0.3, 0.4) is 0 Å². The Morgan fingerprint density at radius 2 is 1.87 bits per heavy atom. The normalized spacial score (nSPS) is 16.4. The van der Waals surface area contributed by atoms with Crippen molar-refractivity contribution in [1.29, 1.82) is 0 Å². The summed E-state index contributed by atoms with van der Waals surface area (Å²) >= 11 is 0. The molecule has 3 heterocycles. The number of rotatable bonds is 3. The van der Waals surface area contributed by atoms with Crippen molar-refractivity contribution in [3.8, 4) is 0 Å². The van der Waals surface area contributed by atoms with Gasteiger partial charge in [-0.1, -0.05) is 13.8 Å². The molecule has 1 aliphatic heterocycles. The highest BCUT2D eigenvalue weighted by Gasteiger charge is 2.33. The number of hydrogen-bond acceptors (Lipinski definition) is 4. The van der Waals surface area contributed by atoms with Crippen molar-refractivity contribution in [1.82, 2.24) is 14.3 Å². The Hall–Kier alpha value is -2.45. The van der Waals surface area contributed by atoms with Gasteiger partial charge in [-0.05, 0) is 45.6 Å². The molecule has 6 nitrogen and oxygen atoms in total. The van der Waals surface area contributed by atoms with Gasteiger partial charge in [0, 0.05) is 37.2 Å². The number of pyridine rings is 1. The monoisotopic (exact) mass is 426 g/mol. The second-order valence-corrected chi connectivity index (χ2v) is 9.06. The fourth-order valence-corrected chi connectivity index (χ4v) is 3.55. The van der Waals surface area contributed by atoms with Crippen molar-refractivity contribution < 1.29 is 22.7 Å². The van der Waals surface area contributed by atoms with E-state index in [4.69, 9.17) is 4.74 Å².